The average Bonchev–Trinajstić information content (AvgIpc) is 3.13. The van der Waals surface area contributed by atoms with Crippen LogP contribution in [0.4, 0.5) is 0 Å². The van der Waals surface area contributed by atoms with Crippen molar-refractivity contribution in [3.8, 4) is 23.7 Å². The van der Waals surface area contributed by atoms with E-state index in [4.69, 9.17) is 38.3 Å². The summed E-state index contributed by atoms with van der Waals surface area (Å²) in [6, 6.07) is 0. The van der Waals surface area contributed by atoms with Crippen LogP contribution in [0.5, 0.6) is 0 Å². The lowest BCUT2D eigenvalue weighted by molar-refractivity contribution is -0.152. The van der Waals surface area contributed by atoms with Crippen molar-refractivity contribution in [2.75, 3.05) is 92.5 Å². The zero-order valence-electron chi connectivity index (χ0n) is 32.3. The minimum absolute atomic E-state index is 0.0185. The van der Waals surface area contributed by atoms with Gasteiger partial charge in [-0.2, -0.15) is 0 Å². The number of unbranched alkanes of at least 4 members (excludes halogenated alkanes) is 17. The fourth-order valence-corrected chi connectivity index (χ4v) is 5.13. The van der Waals surface area contributed by atoms with Gasteiger partial charge in [0.1, 0.15) is 0 Å². The van der Waals surface area contributed by atoms with Gasteiger partial charge in [-0.15, -0.1) is 0 Å². The Morgan fingerprint density at radius 1 is 0.471 bits per heavy atom. The molecule has 0 radical (unpaired) electrons. The molecule has 0 aliphatic carbocycles. The van der Waals surface area contributed by atoms with E-state index in [1.807, 2.05) is 0 Å². The summed E-state index contributed by atoms with van der Waals surface area (Å²) in [6.45, 7) is 7.86. The summed E-state index contributed by atoms with van der Waals surface area (Å²) in [7, 11) is 0. The summed E-state index contributed by atoms with van der Waals surface area (Å²) in [6.07, 6.45) is 22.7. The molecular weight excluding hydrogens is 652 g/mol. The Kier molecular flexibility index (Phi) is 42.9. The minimum atomic E-state index is -0.907. The third kappa shape index (κ3) is 42.6. The predicted molar refractivity (Wildman–Crippen MR) is 203 cm³/mol. The summed E-state index contributed by atoms with van der Waals surface area (Å²) < 4.78 is 37.8. The van der Waals surface area contributed by atoms with Crippen molar-refractivity contribution in [1.29, 1.82) is 0 Å². The first-order valence-corrected chi connectivity index (χ1v) is 20.1. The van der Waals surface area contributed by atoms with Gasteiger partial charge in [0.15, 0.2) is 6.10 Å². The number of rotatable bonds is 41. The number of aliphatic hydroxyl groups excluding tert-OH is 1. The van der Waals surface area contributed by atoms with E-state index >= 15 is 0 Å². The molecule has 0 aliphatic heterocycles. The molecule has 0 aromatic rings. The number of carboxylic acid groups (broad SMARTS) is 1. The maximum atomic E-state index is 11.6. The van der Waals surface area contributed by atoms with E-state index in [0.29, 0.717) is 85.7 Å². The second kappa shape index (κ2) is 44.4. The number of aliphatic hydroxyl groups is 1. The molecule has 0 spiro atoms. The zero-order valence-corrected chi connectivity index (χ0v) is 32.3. The molecule has 1 unspecified atom stereocenters. The molecule has 0 heterocycles. The third-order valence-corrected chi connectivity index (χ3v) is 8.08. The van der Waals surface area contributed by atoms with Gasteiger partial charge >= 0.3 is 5.97 Å². The monoisotopic (exact) mass is 727 g/mol. The molecule has 0 bridgehead atoms. The average molecular weight is 727 g/mol. The van der Waals surface area contributed by atoms with Crippen LogP contribution in [-0.4, -0.2) is 115 Å². The van der Waals surface area contributed by atoms with Crippen LogP contribution in [0.2, 0.25) is 0 Å². The molecular formula is C41H74O10. The number of hydrogen-bond donors (Lipinski definition) is 2. The molecule has 0 rings (SSSR count). The van der Waals surface area contributed by atoms with Gasteiger partial charge in [-0.1, -0.05) is 115 Å². The maximum Gasteiger partial charge on any atom is 0.332 e. The Hall–Kier alpha value is -1.73. The normalized spacial score (nSPS) is 11.6. The smallest absolute Gasteiger partial charge is 0.332 e. The van der Waals surface area contributed by atoms with Crippen LogP contribution < -0.4 is 0 Å². The van der Waals surface area contributed by atoms with E-state index in [2.05, 4.69) is 30.6 Å². The third-order valence-electron chi connectivity index (χ3n) is 8.08. The number of aliphatic carboxylic acids is 1. The first-order chi connectivity index (χ1) is 25.2. The molecule has 298 valence electrons. The summed E-state index contributed by atoms with van der Waals surface area (Å²) in [4.78, 5) is 11.6. The van der Waals surface area contributed by atoms with E-state index in [0.717, 1.165) is 38.5 Å². The van der Waals surface area contributed by atoms with E-state index < -0.39 is 12.1 Å². The quantitative estimate of drug-likeness (QED) is 0.0488. The molecule has 1 atom stereocenters. The lowest BCUT2D eigenvalue weighted by Gasteiger charge is -2.14. The van der Waals surface area contributed by atoms with Gasteiger partial charge in [-0.25, -0.2) is 4.79 Å². The predicted octanol–water partition coefficient (Wildman–Crippen LogP) is 7.38. The van der Waals surface area contributed by atoms with Gasteiger partial charge in [0, 0.05) is 12.8 Å². The van der Waals surface area contributed by atoms with Crippen molar-refractivity contribution in [3.05, 3.63) is 0 Å². The van der Waals surface area contributed by atoms with E-state index in [-0.39, 0.29) is 13.2 Å². The second-order valence-corrected chi connectivity index (χ2v) is 12.6. The van der Waals surface area contributed by atoms with Crippen LogP contribution in [-0.2, 0) is 38.0 Å². The van der Waals surface area contributed by atoms with Crippen molar-refractivity contribution in [1.82, 2.24) is 0 Å². The topological polar surface area (TPSA) is 122 Å². The van der Waals surface area contributed by atoms with Crippen molar-refractivity contribution < 1.29 is 48.2 Å². The largest absolute Gasteiger partial charge is 0.479 e. The van der Waals surface area contributed by atoms with Gasteiger partial charge in [-0.05, 0) is 31.1 Å². The molecule has 10 nitrogen and oxygen atoms in total. The highest BCUT2D eigenvalue weighted by molar-refractivity contribution is 5.72. The maximum absolute atomic E-state index is 11.6. The van der Waals surface area contributed by atoms with Crippen LogP contribution in [0.3, 0.4) is 0 Å². The lowest BCUT2D eigenvalue weighted by atomic mass is 10.0. The zero-order chi connectivity index (χ0) is 37.0. The molecule has 0 aromatic carbocycles. The highest BCUT2D eigenvalue weighted by Gasteiger charge is 2.17. The lowest BCUT2D eigenvalue weighted by Crippen LogP contribution is -2.25. The standard InChI is InChI=1S/C41H74O10/c1-2-3-4-5-6-7-8-9-10-11-12-13-14-15-16-17-18-19-20-21-22-23-24-25-40(41(43)44)51-39-38-50-37-36-49-35-34-48-33-32-47-31-30-46-29-28-45-27-26-42/h40,42H,2-9,14-39H2,1H3,(H,43,44). The van der Waals surface area contributed by atoms with E-state index in [1.54, 1.807) is 0 Å². The summed E-state index contributed by atoms with van der Waals surface area (Å²) >= 11 is 0. The fraction of sp³-hybridized carbons (Fsp3) is 0.878. The van der Waals surface area contributed by atoms with Gasteiger partial charge in [0.2, 0.25) is 0 Å². The first-order valence-electron chi connectivity index (χ1n) is 20.1. The minimum Gasteiger partial charge on any atom is -0.479 e. The highest BCUT2D eigenvalue weighted by Crippen LogP contribution is 2.14. The van der Waals surface area contributed by atoms with Crippen LogP contribution >= 0.6 is 0 Å². The number of carboxylic acids is 1. The van der Waals surface area contributed by atoms with Gasteiger partial charge < -0.3 is 43.4 Å². The molecule has 51 heavy (non-hydrogen) atoms. The molecule has 0 aromatic heterocycles. The van der Waals surface area contributed by atoms with Crippen molar-refractivity contribution in [2.24, 2.45) is 0 Å². The van der Waals surface area contributed by atoms with Crippen LogP contribution in [0.15, 0.2) is 0 Å². The van der Waals surface area contributed by atoms with Crippen molar-refractivity contribution in [3.63, 3.8) is 0 Å². The SMILES string of the molecule is CCCCCCCCCC#CC#CCCCCCCCCCCCCC(OCCOCCOCCOCCOCCOCCOCCO)C(=O)O. The Labute approximate surface area is 311 Å². The molecule has 0 saturated carbocycles. The Morgan fingerprint density at radius 2 is 0.804 bits per heavy atom. The summed E-state index contributed by atoms with van der Waals surface area (Å²) in [5, 5.41) is 18.1. The highest BCUT2D eigenvalue weighted by atomic mass is 16.6. The number of ether oxygens (including phenoxy) is 7. The van der Waals surface area contributed by atoms with E-state index in [9.17, 15) is 9.90 Å². The van der Waals surface area contributed by atoms with Gasteiger partial charge in [0.25, 0.3) is 0 Å². The summed E-state index contributed by atoms with van der Waals surface area (Å²) in [5.74, 6) is 11.5. The Bertz CT molecular complexity index is 832. The summed E-state index contributed by atoms with van der Waals surface area (Å²) in [5.41, 5.74) is 0. The second-order valence-electron chi connectivity index (χ2n) is 12.6. The van der Waals surface area contributed by atoms with Crippen molar-refractivity contribution >= 4 is 5.97 Å². The molecule has 0 fully saturated rings. The molecule has 0 amide bonds. The molecule has 0 saturated heterocycles. The number of hydrogen-bond acceptors (Lipinski definition) is 9. The molecule has 2 N–H and O–H groups in total. The van der Waals surface area contributed by atoms with Crippen LogP contribution in [0.25, 0.3) is 0 Å². The van der Waals surface area contributed by atoms with Crippen molar-refractivity contribution in [2.45, 2.75) is 141 Å². The van der Waals surface area contributed by atoms with Gasteiger partial charge in [0.05, 0.1) is 92.5 Å². The Morgan fingerprint density at radius 3 is 1.18 bits per heavy atom. The fourth-order valence-electron chi connectivity index (χ4n) is 5.13. The number of carbonyl (C=O) groups is 1. The van der Waals surface area contributed by atoms with Crippen LogP contribution in [0.1, 0.15) is 135 Å². The Balaban J connectivity index is 3.42. The van der Waals surface area contributed by atoms with Gasteiger partial charge in [-0.3, -0.25) is 0 Å². The van der Waals surface area contributed by atoms with E-state index in [1.165, 1.54) is 83.5 Å². The van der Waals surface area contributed by atoms with Crippen LogP contribution in [0, 0.1) is 23.7 Å². The molecule has 10 heteroatoms. The first kappa shape index (κ1) is 49.3. The molecule has 0 aliphatic rings.